The summed E-state index contributed by atoms with van der Waals surface area (Å²) in [7, 11) is 1.92. The molecule has 0 fully saturated rings. The fourth-order valence-electron chi connectivity index (χ4n) is 1.83. The Kier molecular flexibility index (Phi) is 3.76. The lowest BCUT2D eigenvalue weighted by atomic mass is 10.1. The topological polar surface area (TPSA) is 60.6 Å². The first-order valence-corrected chi connectivity index (χ1v) is 6.27. The molecule has 2 aromatic heterocycles. The van der Waals surface area contributed by atoms with Crippen LogP contribution in [0.2, 0.25) is 0 Å². The molecule has 2 heterocycles. The van der Waals surface area contributed by atoms with E-state index in [1.807, 2.05) is 24.1 Å². The van der Waals surface area contributed by atoms with Gasteiger partial charge in [-0.05, 0) is 12.5 Å². The second-order valence-corrected chi connectivity index (χ2v) is 4.66. The second-order valence-electron chi connectivity index (χ2n) is 4.66. The highest BCUT2D eigenvalue weighted by atomic mass is 15.4. The summed E-state index contributed by atoms with van der Waals surface area (Å²) in [4.78, 5) is 0. The molecule has 0 aliphatic heterocycles. The fraction of sp³-hybridized carbons (Fsp3) is 0.583. The Bertz CT molecular complexity index is 510. The highest BCUT2D eigenvalue weighted by Gasteiger charge is 2.14. The van der Waals surface area contributed by atoms with Gasteiger partial charge < -0.3 is 5.32 Å². The standard InChI is InChI=1S/C12H20N6/c1-5-13-6-10-7-18(16-14-10)11-8-17(4)15-12(11)9(2)3/h7-9,13H,5-6H2,1-4H3. The third-order valence-corrected chi connectivity index (χ3v) is 2.73. The van der Waals surface area contributed by atoms with Gasteiger partial charge in [-0.1, -0.05) is 26.0 Å². The maximum atomic E-state index is 4.47. The van der Waals surface area contributed by atoms with E-state index in [9.17, 15) is 0 Å². The third kappa shape index (κ3) is 2.59. The Hall–Kier alpha value is -1.69. The van der Waals surface area contributed by atoms with Crippen molar-refractivity contribution in [2.24, 2.45) is 7.05 Å². The molecule has 0 atom stereocenters. The summed E-state index contributed by atoms with van der Waals surface area (Å²) in [6.07, 6.45) is 3.92. The van der Waals surface area contributed by atoms with Crippen LogP contribution in [-0.4, -0.2) is 31.3 Å². The van der Waals surface area contributed by atoms with Crippen molar-refractivity contribution < 1.29 is 0 Å². The van der Waals surface area contributed by atoms with E-state index in [4.69, 9.17) is 0 Å². The van der Waals surface area contributed by atoms with E-state index in [0.717, 1.165) is 30.2 Å². The van der Waals surface area contributed by atoms with Crippen LogP contribution in [0.1, 0.15) is 38.1 Å². The Labute approximate surface area is 107 Å². The number of aromatic nitrogens is 5. The van der Waals surface area contributed by atoms with Gasteiger partial charge in [0.25, 0.3) is 0 Å². The molecule has 6 heteroatoms. The van der Waals surface area contributed by atoms with E-state index in [0.29, 0.717) is 5.92 Å². The highest BCUT2D eigenvalue weighted by Crippen LogP contribution is 2.20. The van der Waals surface area contributed by atoms with Gasteiger partial charge in [-0.25, -0.2) is 4.68 Å². The first-order chi connectivity index (χ1) is 8.61. The average Bonchev–Trinajstić information content (AvgIpc) is 2.92. The van der Waals surface area contributed by atoms with Crippen LogP contribution in [0.25, 0.3) is 5.69 Å². The minimum Gasteiger partial charge on any atom is -0.311 e. The molecule has 0 saturated heterocycles. The molecule has 98 valence electrons. The third-order valence-electron chi connectivity index (χ3n) is 2.73. The monoisotopic (exact) mass is 248 g/mol. The number of aryl methyl sites for hydroxylation is 1. The zero-order chi connectivity index (χ0) is 13.1. The van der Waals surface area contributed by atoms with Crippen LogP contribution in [0.3, 0.4) is 0 Å². The van der Waals surface area contributed by atoms with Gasteiger partial charge >= 0.3 is 0 Å². The normalized spacial score (nSPS) is 11.4. The molecule has 0 aliphatic carbocycles. The maximum absolute atomic E-state index is 4.47. The van der Waals surface area contributed by atoms with Gasteiger partial charge in [-0.2, -0.15) is 5.10 Å². The van der Waals surface area contributed by atoms with Crippen LogP contribution in [0.5, 0.6) is 0 Å². The quantitative estimate of drug-likeness (QED) is 0.864. The number of hydrogen-bond donors (Lipinski definition) is 1. The summed E-state index contributed by atoms with van der Waals surface area (Å²) >= 11 is 0. The summed E-state index contributed by atoms with van der Waals surface area (Å²) in [5.74, 6) is 0.364. The predicted molar refractivity (Wildman–Crippen MR) is 69.6 cm³/mol. The van der Waals surface area contributed by atoms with Crippen LogP contribution in [0, 0.1) is 0 Å². The molecule has 0 unspecified atom stereocenters. The molecule has 0 amide bonds. The molecular weight excluding hydrogens is 228 g/mol. The van der Waals surface area contributed by atoms with Crippen LogP contribution in [-0.2, 0) is 13.6 Å². The van der Waals surface area contributed by atoms with Crippen molar-refractivity contribution in [1.82, 2.24) is 30.1 Å². The van der Waals surface area contributed by atoms with Gasteiger partial charge in [0.05, 0.1) is 23.8 Å². The smallest absolute Gasteiger partial charge is 0.108 e. The van der Waals surface area contributed by atoms with E-state index in [2.05, 4.69) is 41.5 Å². The summed E-state index contributed by atoms with van der Waals surface area (Å²) in [6.45, 7) is 8.00. The molecule has 1 N–H and O–H groups in total. The lowest BCUT2D eigenvalue weighted by Gasteiger charge is -2.03. The Morgan fingerprint density at radius 3 is 2.78 bits per heavy atom. The first kappa shape index (κ1) is 12.8. The van der Waals surface area contributed by atoms with Crippen LogP contribution < -0.4 is 5.32 Å². The van der Waals surface area contributed by atoms with Crippen molar-refractivity contribution in [2.45, 2.75) is 33.2 Å². The number of nitrogens with one attached hydrogen (secondary N) is 1. The van der Waals surface area contributed by atoms with Gasteiger partial charge in [-0.15, -0.1) is 5.10 Å². The molecule has 18 heavy (non-hydrogen) atoms. The van der Waals surface area contributed by atoms with E-state index in [1.54, 1.807) is 4.68 Å². The van der Waals surface area contributed by atoms with Gasteiger partial charge in [0.1, 0.15) is 5.69 Å². The van der Waals surface area contributed by atoms with Crippen LogP contribution >= 0.6 is 0 Å². The molecule has 2 rings (SSSR count). The average molecular weight is 248 g/mol. The lowest BCUT2D eigenvalue weighted by Crippen LogP contribution is -2.11. The van der Waals surface area contributed by atoms with Crippen molar-refractivity contribution in [2.75, 3.05) is 6.54 Å². The Balaban J connectivity index is 2.28. The lowest BCUT2D eigenvalue weighted by molar-refractivity contribution is 0.703. The maximum Gasteiger partial charge on any atom is 0.108 e. The summed E-state index contributed by atoms with van der Waals surface area (Å²) in [5.41, 5.74) is 2.98. The summed E-state index contributed by atoms with van der Waals surface area (Å²) < 4.78 is 3.62. The van der Waals surface area contributed by atoms with Gasteiger partial charge in [0.15, 0.2) is 0 Å². The first-order valence-electron chi connectivity index (χ1n) is 6.27. The minimum absolute atomic E-state index is 0.364. The number of hydrogen-bond acceptors (Lipinski definition) is 4. The van der Waals surface area contributed by atoms with E-state index < -0.39 is 0 Å². The van der Waals surface area contributed by atoms with Crippen molar-refractivity contribution in [3.63, 3.8) is 0 Å². The van der Waals surface area contributed by atoms with Crippen molar-refractivity contribution >= 4 is 0 Å². The van der Waals surface area contributed by atoms with Crippen LogP contribution in [0.15, 0.2) is 12.4 Å². The number of nitrogens with zero attached hydrogens (tertiary/aromatic N) is 5. The summed E-state index contributed by atoms with van der Waals surface area (Å²) in [5, 5.41) is 16.0. The molecular formula is C12H20N6. The van der Waals surface area contributed by atoms with Crippen molar-refractivity contribution in [3.05, 3.63) is 23.8 Å². The van der Waals surface area contributed by atoms with Crippen molar-refractivity contribution in [3.8, 4) is 5.69 Å². The van der Waals surface area contributed by atoms with Gasteiger partial charge in [0.2, 0.25) is 0 Å². The largest absolute Gasteiger partial charge is 0.311 e. The highest BCUT2D eigenvalue weighted by molar-refractivity contribution is 5.35. The molecule has 0 aromatic carbocycles. The molecule has 0 saturated carbocycles. The fourth-order valence-corrected chi connectivity index (χ4v) is 1.83. The Morgan fingerprint density at radius 1 is 1.33 bits per heavy atom. The molecule has 0 radical (unpaired) electrons. The van der Waals surface area contributed by atoms with E-state index in [1.165, 1.54) is 0 Å². The van der Waals surface area contributed by atoms with Crippen LogP contribution in [0.4, 0.5) is 0 Å². The van der Waals surface area contributed by atoms with E-state index >= 15 is 0 Å². The summed E-state index contributed by atoms with van der Waals surface area (Å²) in [6, 6.07) is 0. The Morgan fingerprint density at radius 2 is 2.11 bits per heavy atom. The molecule has 6 nitrogen and oxygen atoms in total. The molecule has 0 spiro atoms. The van der Waals surface area contributed by atoms with E-state index in [-0.39, 0.29) is 0 Å². The minimum atomic E-state index is 0.364. The van der Waals surface area contributed by atoms with Gasteiger partial charge in [-0.3, -0.25) is 4.68 Å². The molecule has 2 aromatic rings. The van der Waals surface area contributed by atoms with Gasteiger partial charge in [0, 0.05) is 13.6 Å². The zero-order valence-corrected chi connectivity index (χ0v) is 11.4. The second kappa shape index (κ2) is 5.30. The SMILES string of the molecule is CCNCc1cn(-c2cn(C)nc2C(C)C)nn1. The molecule has 0 bridgehead atoms. The number of rotatable bonds is 5. The predicted octanol–water partition coefficient (Wildman–Crippen LogP) is 1.23. The molecule has 0 aliphatic rings. The zero-order valence-electron chi connectivity index (χ0n) is 11.4. The van der Waals surface area contributed by atoms with Crippen molar-refractivity contribution in [1.29, 1.82) is 0 Å².